The summed E-state index contributed by atoms with van der Waals surface area (Å²) in [5.41, 5.74) is 0. The number of halogens is 1. The maximum absolute atomic E-state index is 13.2. The zero-order valence-electron chi connectivity index (χ0n) is 13.2. The van der Waals surface area contributed by atoms with E-state index in [1.807, 2.05) is 0 Å². The Morgan fingerprint density at radius 2 is 2.09 bits per heavy atom. The van der Waals surface area contributed by atoms with Crippen molar-refractivity contribution in [3.8, 4) is 11.5 Å². The molecule has 1 aromatic carbocycles. The maximum Gasteiger partial charge on any atom is 0.225 e. The fraction of sp³-hybridized carbons (Fsp3) is 0.588. The highest BCUT2D eigenvalue weighted by atomic mass is 19.1. The lowest BCUT2D eigenvalue weighted by Gasteiger charge is -2.39. The molecule has 1 saturated heterocycles. The minimum absolute atomic E-state index is 0.136. The van der Waals surface area contributed by atoms with Crippen LogP contribution in [-0.4, -0.2) is 48.3 Å². The first-order valence-corrected chi connectivity index (χ1v) is 8.05. The average molecular weight is 323 g/mol. The van der Waals surface area contributed by atoms with E-state index in [4.69, 9.17) is 9.47 Å². The smallest absolute Gasteiger partial charge is 0.225 e. The third-order valence-corrected chi connectivity index (χ3v) is 4.69. The van der Waals surface area contributed by atoms with E-state index in [1.54, 1.807) is 4.90 Å². The van der Waals surface area contributed by atoms with E-state index < -0.39 is 18.0 Å². The summed E-state index contributed by atoms with van der Waals surface area (Å²) in [6.07, 6.45) is 2.38. The van der Waals surface area contributed by atoms with Crippen LogP contribution in [0.5, 0.6) is 11.5 Å². The molecule has 1 aliphatic heterocycles. The first kappa shape index (κ1) is 16.1. The fourth-order valence-corrected chi connectivity index (χ4v) is 3.06. The van der Waals surface area contributed by atoms with Crippen LogP contribution in [0.4, 0.5) is 4.39 Å². The predicted molar refractivity (Wildman–Crippen MR) is 81.9 cm³/mol. The Morgan fingerprint density at radius 1 is 1.30 bits per heavy atom. The Kier molecular flexibility index (Phi) is 4.71. The number of ether oxygens (including phenoxy) is 2. The second kappa shape index (κ2) is 6.74. The molecule has 1 amide bonds. The summed E-state index contributed by atoms with van der Waals surface area (Å²) < 4.78 is 24.1. The minimum atomic E-state index is -0.762. The number of rotatable bonds is 4. The molecule has 0 aromatic heterocycles. The van der Waals surface area contributed by atoms with Crippen molar-refractivity contribution in [3.05, 3.63) is 24.0 Å². The molecule has 5 nitrogen and oxygen atoms in total. The summed E-state index contributed by atoms with van der Waals surface area (Å²) in [6.45, 7) is 0.851. The normalized spacial score (nSPS) is 24.9. The molecular weight excluding hydrogens is 301 g/mol. The predicted octanol–water partition coefficient (Wildman–Crippen LogP) is 1.98. The summed E-state index contributed by atoms with van der Waals surface area (Å²) >= 11 is 0. The van der Waals surface area contributed by atoms with Gasteiger partial charge in [0.25, 0.3) is 0 Å². The molecule has 1 N–H and O–H groups in total. The van der Waals surface area contributed by atoms with Crippen LogP contribution >= 0.6 is 0 Å². The summed E-state index contributed by atoms with van der Waals surface area (Å²) in [7, 11) is 1.44. The van der Waals surface area contributed by atoms with Crippen LogP contribution in [0.15, 0.2) is 18.2 Å². The summed E-state index contributed by atoms with van der Waals surface area (Å²) in [4.78, 5) is 14.0. The van der Waals surface area contributed by atoms with Crippen molar-refractivity contribution < 1.29 is 23.8 Å². The van der Waals surface area contributed by atoms with E-state index in [-0.39, 0.29) is 18.4 Å². The molecule has 1 aromatic rings. The number of piperidine rings is 1. The second-order valence-corrected chi connectivity index (χ2v) is 6.22. The molecule has 2 fully saturated rings. The molecule has 2 aliphatic rings. The number of aliphatic hydroxyl groups is 1. The van der Waals surface area contributed by atoms with Gasteiger partial charge in [0.2, 0.25) is 5.91 Å². The minimum Gasteiger partial charge on any atom is -0.493 e. The first-order chi connectivity index (χ1) is 11.1. The number of nitrogens with zero attached hydrogens (tertiary/aromatic N) is 1. The lowest BCUT2D eigenvalue weighted by Crippen LogP contribution is -2.53. The van der Waals surface area contributed by atoms with E-state index in [9.17, 15) is 14.3 Å². The second-order valence-electron chi connectivity index (χ2n) is 6.22. The summed E-state index contributed by atoms with van der Waals surface area (Å²) in [5, 5.41) is 10.3. The highest BCUT2D eigenvalue weighted by molar-refractivity contribution is 5.79. The number of likely N-dealkylation sites (tertiary alicyclic amines) is 1. The number of methoxy groups -OCH3 is 1. The standard InChI is InChI=1S/C17H22FNO4/c1-22-16-9-12(18)5-6-15(16)23-14-7-8-19(10-13(14)20)17(21)11-3-2-4-11/h5-6,9,11,13-14,20H,2-4,7-8,10H2,1H3/t13-,14-/m1/s1. The van der Waals surface area contributed by atoms with E-state index in [2.05, 4.69) is 0 Å². The zero-order chi connectivity index (χ0) is 16.4. The zero-order valence-corrected chi connectivity index (χ0v) is 13.2. The number of β-amino-alcohol motifs (C(OH)–C–C–N with tert-alkyl or cyclic N) is 1. The molecule has 1 aliphatic carbocycles. The Bertz CT molecular complexity index is 576. The van der Waals surface area contributed by atoms with Gasteiger partial charge in [0.05, 0.1) is 13.7 Å². The van der Waals surface area contributed by atoms with Crippen LogP contribution in [0.1, 0.15) is 25.7 Å². The van der Waals surface area contributed by atoms with Crippen LogP contribution in [0.25, 0.3) is 0 Å². The number of benzene rings is 1. The van der Waals surface area contributed by atoms with Gasteiger partial charge >= 0.3 is 0 Å². The van der Waals surface area contributed by atoms with Crippen LogP contribution in [0.2, 0.25) is 0 Å². The van der Waals surface area contributed by atoms with Crippen molar-refractivity contribution in [2.24, 2.45) is 5.92 Å². The van der Waals surface area contributed by atoms with Crippen molar-refractivity contribution in [3.63, 3.8) is 0 Å². The molecule has 2 atom stereocenters. The van der Waals surface area contributed by atoms with Gasteiger partial charge < -0.3 is 19.5 Å². The van der Waals surface area contributed by atoms with Gasteiger partial charge in [0.1, 0.15) is 18.0 Å². The van der Waals surface area contributed by atoms with Crippen molar-refractivity contribution in [2.75, 3.05) is 20.2 Å². The van der Waals surface area contributed by atoms with Crippen LogP contribution in [-0.2, 0) is 4.79 Å². The molecule has 1 saturated carbocycles. The lowest BCUT2D eigenvalue weighted by molar-refractivity contribution is -0.144. The third-order valence-electron chi connectivity index (χ3n) is 4.69. The number of hydrogen-bond acceptors (Lipinski definition) is 4. The molecule has 0 bridgehead atoms. The third kappa shape index (κ3) is 3.42. The number of amides is 1. The Hall–Kier alpha value is -1.82. The monoisotopic (exact) mass is 323 g/mol. The molecule has 0 unspecified atom stereocenters. The van der Waals surface area contributed by atoms with Crippen molar-refractivity contribution in [1.29, 1.82) is 0 Å². The molecule has 0 spiro atoms. The Morgan fingerprint density at radius 3 is 2.70 bits per heavy atom. The summed E-state index contributed by atoms with van der Waals surface area (Å²) in [6, 6.07) is 4.03. The molecule has 6 heteroatoms. The highest BCUT2D eigenvalue weighted by Crippen LogP contribution is 2.32. The van der Waals surface area contributed by atoms with Gasteiger partial charge in [0.15, 0.2) is 11.5 Å². The van der Waals surface area contributed by atoms with Crippen LogP contribution < -0.4 is 9.47 Å². The average Bonchev–Trinajstić information content (AvgIpc) is 2.49. The molecule has 23 heavy (non-hydrogen) atoms. The molecule has 1 heterocycles. The van der Waals surface area contributed by atoms with E-state index in [0.717, 1.165) is 19.3 Å². The van der Waals surface area contributed by atoms with Gasteiger partial charge in [-0.05, 0) is 25.0 Å². The van der Waals surface area contributed by atoms with Gasteiger partial charge in [-0.1, -0.05) is 6.42 Å². The number of carbonyl (C=O) groups is 1. The van der Waals surface area contributed by atoms with Gasteiger partial charge in [0, 0.05) is 24.9 Å². The van der Waals surface area contributed by atoms with Gasteiger partial charge in [-0.15, -0.1) is 0 Å². The summed E-state index contributed by atoms with van der Waals surface area (Å²) in [5.74, 6) is 0.572. The maximum atomic E-state index is 13.2. The van der Waals surface area contributed by atoms with Crippen molar-refractivity contribution in [2.45, 2.75) is 37.9 Å². The van der Waals surface area contributed by atoms with E-state index in [1.165, 1.54) is 25.3 Å². The fourth-order valence-electron chi connectivity index (χ4n) is 3.06. The Balaban J connectivity index is 1.61. The van der Waals surface area contributed by atoms with Crippen LogP contribution in [0, 0.1) is 11.7 Å². The molecule has 126 valence electrons. The topological polar surface area (TPSA) is 59.0 Å². The molecule has 0 radical (unpaired) electrons. The SMILES string of the molecule is COc1cc(F)ccc1O[C@@H]1CCN(C(=O)C2CCC2)C[C@H]1O. The lowest BCUT2D eigenvalue weighted by atomic mass is 9.84. The van der Waals surface area contributed by atoms with Crippen LogP contribution in [0.3, 0.4) is 0 Å². The van der Waals surface area contributed by atoms with E-state index in [0.29, 0.717) is 24.5 Å². The highest BCUT2D eigenvalue weighted by Gasteiger charge is 2.36. The van der Waals surface area contributed by atoms with Crippen molar-refractivity contribution in [1.82, 2.24) is 4.90 Å². The number of carbonyl (C=O) groups excluding carboxylic acids is 1. The Labute approximate surface area is 135 Å². The quantitative estimate of drug-likeness (QED) is 0.920. The van der Waals surface area contributed by atoms with E-state index >= 15 is 0 Å². The van der Waals surface area contributed by atoms with Gasteiger partial charge in [-0.3, -0.25) is 4.79 Å². The molecule has 3 rings (SSSR count). The number of aliphatic hydroxyl groups excluding tert-OH is 1. The van der Waals surface area contributed by atoms with Gasteiger partial charge in [-0.25, -0.2) is 4.39 Å². The first-order valence-electron chi connectivity index (χ1n) is 8.05. The number of hydrogen-bond donors (Lipinski definition) is 1. The van der Waals surface area contributed by atoms with Gasteiger partial charge in [-0.2, -0.15) is 0 Å². The largest absolute Gasteiger partial charge is 0.493 e. The molecular formula is C17H22FNO4. The van der Waals surface area contributed by atoms with Crippen molar-refractivity contribution >= 4 is 5.91 Å².